The molecule has 0 aromatic carbocycles. The van der Waals surface area contributed by atoms with E-state index in [2.05, 4.69) is 9.97 Å². The predicted molar refractivity (Wildman–Crippen MR) is 67.5 cm³/mol. The highest BCUT2D eigenvalue weighted by molar-refractivity contribution is 7.98. The van der Waals surface area contributed by atoms with Crippen LogP contribution in [0.2, 0.25) is 0 Å². The fourth-order valence-electron chi connectivity index (χ4n) is 1.38. The van der Waals surface area contributed by atoms with E-state index in [-0.39, 0.29) is 0 Å². The maximum Gasteiger partial charge on any atom is 0.433 e. The number of H-pyrrole nitrogens is 1. The van der Waals surface area contributed by atoms with Crippen LogP contribution >= 0.6 is 11.8 Å². The highest BCUT2D eigenvalue weighted by Gasteiger charge is 2.31. The molecular formula is C12H9F3N2O2S. The number of aromatic amines is 1. The number of alkyl halides is 3. The van der Waals surface area contributed by atoms with Gasteiger partial charge in [-0.05, 0) is 11.6 Å². The third kappa shape index (κ3) is 3.53. The molecule has 4 nitrogen and oxygen atoms in total. The minimum absolute atomic E-state index is 0.372. The molecule has 0 unspecified atom stereocenters. The Bertz CT molecular complexity index is 653. The highest BCUT2D eigenvalue weighted by atomic mass is 32.2. The van der Waals surface area contributed by atoms with E-state index >= 15 is 0 Å². The molecule has 2 heterocycles. The van der Waals surface area contributed by atoms with Gasteiger partial charge < -0.3 is 10.1 Å². The van der Waals surface area contributed by atoms with E-state index in [1.54, 1.807) is 0 Å². The molecule has 0 spiro atoms. The molecule has 0 saturated carbocycles. The summed E-state index contributed by atoms with van der Waals surface area (Å²) in [5.74, 6) is -0.0306. The monoisotopic (exact) mass is 302 g/mol. The second-order valence-corrected chi connectivity index (χ2v) is 4.94. The standard InChI is InChI=1S/C12H9F3N2O2S/c13-12(14,15)10-2-1-7(4-16-10)6-20-8-3-9(18)11(19)17-5-8/h1-5,18H,6H2,(H,17,19). The van der Waals surface area contributed by atoms with Crippen LogP contribution < -0.4 is 5.56 Å². The maximum atomic E-state index is 12.3. The van der Waals surface area contributed by atoms with E-state index in [0.29, 0.717) is 16.2 Å². The van der Waals surface area contributed by atoms with Crippen LogP contribution in [0, 0.1) is 0 Å². The van der Waals surface area contributed by atoms with Crippen LogP contribution in [-0.4, -0.2) is 15.1 Å². The molecule has 0 aliphatic heterocycles. The third-order valence-corrected chi connectivity index (χ3v) is 3.42. The van der Waals surface area contributed by atoms with E-state index in [4.69, 9.17) is 0 Å². The normalized spacial score (nSPS) is 11.6. The number of hydrogen-bond donors (Lipinski definition) is 2. The van der Waals surface area contributed by atoms with Crippen molar-refractivity contribution >= 4 is 11.8 Å². The Kier molecular flexibility index (Phi) is 4.03. The number of halogens is 3. The first-order valence-corrected chi connectivity index (χ1v) is 6.41. The fraction of sp³-hybridized carbons (Fsp3) is 0.167. The topological polar surface area (TPSA) is 66.0 Å². The van der Waals surface area contributed by atoms with Crippen LogP contribution in [0.15, 0.2) is 40.3 Å². The van der Waals surface area contributed by atoms with Gasteiger partial charge in [-0.15, -0.1) is 11.8 Å². The van der Waals surface area contributed by atoms with Gasteiger partial charge in [0.1, 0.15) is 5.69 Å². The lowest BCUT2D eigenvalue weighted by Gasteiger charge is -2.06. The zero-order chi connectivity index (χ0) is 14.8. The van der Waals surface area contributed by atoms with Crippen LogP contribution in [0.25, 0.3) is 0 Å². The number of nitrogens with zero attached hydrogens (tertiary/aromatic N) is 1. The second-order valence-electron chi connectivity index (χ2n) is 3.89. The number of hydrogen-bond acceptors (Lipinski definition) is 4. The fourth-order valence-corrected chi connectivity index (χ4v) is 2.22. The van der Waals surface area contributed by atoms with Gasteiger partial charge in [0, 0.05) is 29.1 Å². The molecule has 8 heteroatoms. The number of pyridine rings is 2. The molecule has 0 bridgehead atoms. The molecule has 106 valence electrons. The molecule has 0 fully saturated rings. The maximum absolute atomic E-state index is 12.3. The van der Waals surface area contributed by atoms with Crippen molar-refractivity contribution in [1.29, 1.82) is 0 Å². The van der Waals surface area contributed by atoms with Crippen LogP contribution in [0.1, 0.15) is 11.3 Å². The van der Waals surface area contributed by atoms with E-state index in [1.807, 2.05) is 0 Å². The van der Waals surface area contributed by atoms with Crippen molar-refractivity contribution < 1.29 is 18.3 Å². The quantitative estimate of drug-likeness (QED) is 0.856. The van der Waals surface area contributed by atoms with Gasteiger partial charge in [0.05, 0.1) is 0 Å². The summed E-state index contributed by atoms with van der Waals surface area (Å²) in [5.41, 5.74) is -0.924. The van der Waals surface area contributed by atoms with E-state index in [1.165, 1.54) is 30.1 Å². The molecule has 0 saturated heterocycles. The zero-order valence-corrected chi connectivity index (χ0v) is 10.8. The Morgan fingerprint density at radius 1 is 1.35 bits per heavy atom. The first-order valence-electron chi connectivity index (χ1n) is 5.43. The minimum atomic E-state index is -4.45. The molecule has 0 aliphatic carbocycles. The summed E-state index contributed by atoms with van der Waals surface area (Å²) in [6, 6.07) is 3.55. The lowest BCUT2D eigenvalue weighted by atomic mass is 10.3. The Labute approximate surface area is 115 Å². The van der Waals surface area contributed by atoms with Crippen molar-refractivity contribution in [2.45, 2.75) is 16.8 Å². The number of rotatable bonds is 3. The third-order valence-electron chi connectivity index (χ3n) is 2.38. The lowest BCUT2D eigenvalue weighted by Crippen LogP contribution is -2.07. The summed E-state index contributed by atoms with van der Waals surface area (Å²) >= 11 is 1.26. The van der Waals surface area contributed by atoms with Gasteiger partial charge >= 0.3 is 6.18 Å². The lowest BCUT2D eigenvalue weighted by molar-refractivity contribution is -0.141. The van der Waals surface area contributed by atoms with E-state index < -0.39 is 23.2 Å². The van der Waals surface area contributed by atoms with Crippen molar-refractivity contribution in [1.82, 2.24) is 9.97 Å². The number of thioether (sulfide) groups is 1. The Hall–Kier alpha value is -1.96. The molecule has 0 atom stereocenters. The molecule has 2 aromatic rings. The van der Waals surface area contributed by atoms with Crippen molar-refractivity contribution in [3.05, 3.63) is 52.2 Å². The minimum Gasteiger partial charge on any atom is -0.503 e. The Balaban J connectivity index is 2.04. The number of aromatic nitrogens is 2. The average molecular weight is 302 g/mol. The van der Waals surface area contributed by atoms with Crippen LogP contribution in [0.3, 0.4) is 0 Å². The molecular weight excluding hydrogens is 293 g/mol. The first-order chi connectivity index (χ1) is 9.36. The van der Waals surface area contributed by atoms with Crippen molar-refractivity contribution in [2.24, 2.45) is 0 Å². The van der Waals surface area contributed by atoms with E-state index in [0.717, 1.165) is 12.3 Å². The Morgan fingerprint density at radius 3 is 2.65 bits per heavy atom. The number of aromatic hydroxyl groups is 1. The largest absolute Gasteiger partial charge is 0.503 e. The van der Waals surface area contributed by atoms with Crippen LogP contribution in [0.5, 0.6) is 5.75 Å². The summed E-state index contributed by atoms with van der Waals surface area (Å²) in [7, 11) is 0. The molecule has 2 aromatic heterocycles. The summed E-state index contributed by atoms with van der Waals surface area (Å²) in [4.78, 5) is 17.2. The van der Waals surface area contributed by atoms with Crippen molar-refractivity contribution in [3.63, 3.8) is 0 Å². The molecule has 0 aliphatic rings. The van der Waals surface area contributed by atoms with Crippen molar-refractivity contribution in [3.8, 4) is 5.75 Å². The first kappa shape index (κ1) is 14.4. The zero-order valence-electron chi connectivity index (χ0n) is 9.94. The van der Waals surface area contributed by atoms with Gasteiger partial charge in [-0.25, -0.2) is 0 Å². The van der Waals surface area contributed by atoms with Gasteiger partial charge in [0.25, 0.3) is 5.56 Å². The molecule has 20 heavy (non-hydrogen) atoms. The number of nitrogens with one attached hydrogen (secondary N) is 1. The summed E-state index contributed by atoms with van der Waals surface area (Å²) < 4.78 is 37.0. The van der Waals surface area contributed by atoms with Gasteiger partial charge in [0.2, 0.25) is 0 Å². The Morgan fingerprint density at radius 2 is 2.10 bits per heavy atom. The molecule has 2 rings (SSSR count). The van der Waals surface area contributed by atoms with Gasteiger partial charge in [0.15, 0.2) is 5.75 Å². The van der Waals surface area contributed by atoms with Crippen molar-refractivity contribution in [2.75, 3.05) is 0 Å². The summed E-state index contributed by atoms with van der Waals surface area (Å²) in [6.07, 6.45) is -1.87. The van der Waals surface area contributed by atoms with Gasteiger partial charge in [-0.3, -0.25) is 9.78 Å². The summed E-state index contributed by atoms with van der Waals surface area (Å²) in [5, 5.41) is 9.23. The van der Waals surface area contributed by atoms with Gasteiger partial charge in [-0.1, -0.05) is 6.07 Å². The second kappa shape index (κ2) is 5.58. The predicted octanol–water partition coefficient (Wildman–Crippen LogP) is 2.79. The molecule has 2 N–H and O–H groups in total. The van der Waals surface area contributed by atoms with Gasteiger partial charge in [-0.2, -0.15) is 13.2 Å². The molecule has 0 radical (unpaired) electrons. The smallest absolute Gasteiger partial charge is 0.433 e. The van der Waals surface area contributed by atoms with Crippen LogP contribution in [0.4, 0.5) is 13.2 Å². The molecule has 0 amide bonds. The van der Waals surface area contributed by atoms with Crippen LogP contribution in [-0.2, 0) is 11.9 Å². The SMILES string of the molecule is O=c1[nH]cc(SCc2ccc(C(F)(F)F)nc2)cc1O. The average Bonchev–Trinajstić information content (AvgIpc) is 2.40. The highest BCUT2D eigenvalue weighted by Crippen LogP contribution is 2.28. The summed E-state index contributed by atoms with van der Waals surface area (Å²) in [6.45, 7) is 0. The van der Waals surface area contributed by atoms with E-state index in [9.17, 15) is 23.1 Å².